The van der Waals surface area contributed by atoms with Gasteiger partial charge in [0.1, 0.15) is 24.7 Å². The van der Waals surface area contributed by atoms with Crippen LogP contribution < -0.4 is 9.47 Å². The lowest BCUT2D eigenvalue weighted by molar-refractivity contribution is 0.0975. The maximum Gasteiger partial charge on any atom is 0.514 e. The van der Waals surface area contributed by atoms with Gasteiger partial charge in [-0.2, -0.15) is 0 Å². The number of ketones is 2. The lowest BCUT2D eigenvalue weighted by atomic mass is 9.84. The lowest BCUT2D eigenvalue weighted by Crippen LogP contribution is -2.21. The van der Waals surface area contributed by atoms with Gasteiger partial charge in [-0.25, -0.2) is 9.59 Å². The molecular weight excluding hydrogens is 392 g/mol. The minimum atomic E-state index is -0.963. The molecule has 0 aliphatic heterocycles. The molecule has 1 aliphatic rings. The Morgan fingerprint density at radius 1 is 0.700 bits per heavy atom. The molecule has 0 spiro atoms. The van der Waals surface area contributed by atoms with E-state index < -0.39 is 23.9 Å². The van der Waals surface area contributed by atoms with Crippen LogP contribution in [0.4, 0.5) is 9.59 Å². The normalized spacial score (nSPS) is 11.6. The zero-order valence-electron chi connectivity index (χ0n) is 15.7. The van der Waals surface area contributed by atoms with Crippen molar-refractivity contribution in [2.24, 2.45) is 0 Å². The van der Waals surface area contributed by atoms with Crippen LogP contribution in [0.3, 0.4) is 0 Å². The highest BCUT2D eigenvalue weighted by atomic mass is 16.7. The Balaban J connectivity index is 1.85. The van der Waals surface area contributed by atoms with Gasteiger partial charge in [0.05, 0.1) is 0 Å². The monoisotopic (exact) mass is 408 g/mol. The Labute approximate surface area is 171 Å². The highest BCUT2D eigenvalue weighted by Crippen LogP contribution is 2.32. The molecule has 0 bridgehead atoms. The molecule has 0 N–H and O–H groups in total. The van der Waals surface area contributed by atoms with Gasteiger partial charge in [0.2, 0.25) is 0 Å². The zero-order valence-corrected chi connectivity index (χ0v) is 15.7. The Hall–Kier alpha value is -4.20. The minimum Gasteiger partial charge on any atom is -0.430 e. The second-order valence-electron chi connectivity index (χ2n) is 5.98. The average molecular weight is 408 g/mol. The summed E-state index contributed by atoms with van der Waals surface area (Å²) in [6.45, 7) is 6.78. The molecule has 0 saturated carbocycles. The summed E-state index contributed by atoms with van der Waals surface area (Å²) in [5.74, 6) is -0.773. The van der Waals surface area contributed by atoms with Gasteiger partial charge in [0.25, 0.3) is 0 Å². The minimum absolute atomic E-state index is 0.0277. The van der Waals surface area contributed by atoms with Gasteiger partial charge in [0, 0.05) is 22.3 Å². The number of fused-ring (bicyclic) bond motifs is 2. The lowest BCUT2D eigenvalue weighted by Gasteiger charge is -2.18. The molecule has 0 aromatic heterocycles. The van der Waals surface area contributed by atoms with E-state index in [1.165, 1.54) is 48.6 Å². The Morgan fingerprint density at radius 2 is 1.10 bits per heavy atom. The molecule has 2 aromatic carbocycles. The first-order chi connectivity index (χ1) is 14.4. The van der Waals surface area contributed by atoms with E-state index in [9.17, 15) is 19.2 Å². The molecule has 0 saturated heterocycles. The maximum atomic E-state index is 12.9. The van der Waals surface area contributed by atoms with Crippen LogP contribution in [-0.4, -0.2) is 37.1 Å². The molecule has 0 unspecified atom stereocenters. The quantitative estimate of drug-likeness (QED) is 0.344. The molecule has 8 heteroatoms. The summed E-state index contributed by atoms with van der Waals surface area (Å²) in [7, 11) is 0. The van der Waals surface area contributed by atoms with Gasteiger partial charge < -0.3 is 18.9 Å². The first-order valence-corrected chi connectivity index (χ1v) is 8.73. The Kier molecular flexibility index (Phi) is 6.07. The van der Waals surface area contributed by atoms with E-state index in [2.05, 4.69) is 13.2 Å². The van der Waals surface area contributed by atoms with Gasteiger partial charge >= 0.3 is 12.3 Å². The molecule has 1 aliphatic carbocycles. The van der Waals surface area contributed by atoms with Crippen LogP contribution in [0.15, 0.2) is 61.7 Å². The van der Waals surface area contributed by atoms with E-state index in [-0.39, 0.29) is 47.0 Å². The number of carbonyl (C=O) groups is 4. The molecule has 152 valence electrons. The van der Waals surface area contributed by atoms with Gasteiger partial charge in [-0.15, -0.1) is 0 Å². The van der Waals surface area contributed by atoms with Crippen molar-refractivity contribution < 1.29 is 38.1 Å². The van der Waals surface area contributed by atoms with Crippen molar-refractivity contribution in [3.05, 3.63) is 84.0 Å². The fraction of sp³-hybridized carbons (Fsp3) is 0.0909. The number of carbonyl (C=O) groups excluding carboxylic acids is 4. The molecule has 0 radical (unpaired) electrons. The van der Waals surface area contributed by atoms with Crippen LogP contribution in [-0.2, 0) is 9.47 Å². The molecule has 3 rings (SSSR count). The van der Waals surface area contributed by atoms with Crippen LogP contribution >= 0.6 is 0 Å². The van der Waals surface area contributed by atoms with Crippen LogP contribution in [0.2, 0.25) is 0 Å². The van der Waals surface area contributed by atoms with Crippen molar-refractivity contribution in [1.29, 1.82) is 0 Å². The average Bonchev–Trinajstić information content (AvgIpc) is 2.74. The summed E-state index contributed by atoms with van der Waals surface area (Å²) in [5, 5.41) is 0. The van der Waals surface area contributed by atoms with Crippen LogP contribution in [0, 0.1) is 0 Å². The fourth-order valence-electron chi connectivity index (χ4n) is 2.74. The van der Waals surface area contributed by atoms with E-state index in [1.807, 2.05) is 0 Å². The van der Waals surface area contributed by atoms with Crippen LogP contribution in [0.25, 0.3) is 0 Å². The molecule has 0 fully saturated rings. The van der Waals surface area contributed by atoms with E-state index in [4.69, 9.17) is 18.9 Å². The topological polar surface area (TPSA) is 105 Å². The second-order valence-corrected chi connectivity index (χ2v) is 5.98. The Morgan fingerprint density at radius 3 is 1.47 bits per heavy atom. The van der Waals surface area contributed by atoms with Crippen molar-refractivity contribution in [2.45, 2.75) is 0 Å². The highest BCUT2D eigenvalue weighted by Gasteiger charge is 2.31. The van der Waals surface area contributed by atoms with Crippen LogP contribution in [0.1, 0.15) is 31.8 Å². The first-order valence-electron chi connectivity index (χ1n) is 8.73. The van der Waals surface area contributed by atoms with E-state index in [0.29, 0.717) is 0 Å². The number of hydrogen-bond donors (Lipinski definition) is 0. The molecule has 0 atom stereocenters. The summed E-state index contributed by atoms with van der Waals surface area (Å²) >= 11 is 0. The highest BCUT2D eigenvalue weighted by molar-refractivity contribution is 6.28. The van der Waals surface area contributed by atoms with Crippen molar-refractivity contribution in [1.82, 2.24) is 0 Å². The smallest absolute Gasteiger partial charge is 0.430 e. The zero-order chi connectivity index (χ0) is 21.7. The van der Waals surface area contributed by atoms with Crippen LogP contribution in [0.5, 0.6) is 11.5 Å². The first kappa shape index (κ1) is 20.5. The second kappa shape index (κ2) is 8.87. The predicted molar refractivity (Wildman–Crippen MR) is 104 cm³/mol. The molecule has 2 aromatic rings. The van der Waals surface area contributed by atoms with Crippen molar-refractivity contribution in [3.63, 3.8) is 0 Å². The molecule has 0 heterocycles. The summed E-state index contributed by atoms with van der Waals surface area (Å²) < 4.78 is 19.4. The number of ether oxygens (including phenoxy) is 4. The van der Waals surface area contributed by atoms with Crippen molar-refractivity contribution in [2.75, 3.05) is 13.2 Å². The van der Waals surface area contributed by atoms with Crippen molar-refractivity contribution in [3.8, 4) is 11.5 Å². The number of benzene rings is 2. The number of rotatable bonds is 6. The van der Waals surface area contributed by atoms with Gasteiger partial charge in [-0.3, -0.25) is 9.59 Å². The molecule has 8 nitrogen and oxygen atoms in total. The van der Waals surface area contributed by atoms with Gasteiger partial charge in [-0.1, -0.05) is 25.3 Å². The summed E-state index contributed by atoms with van der Waals surface area (Å²) in [5.41, 5.74) is 0.428. The Bertz CT molecular complexity index is 981. The van der Waals surface area contributed by atoms with E-state index >= 15 is 0 Å². The third-order valence-electron chi connectivity index (χ3n) is 4.00. The molecule has 30 heavy (non-hydrogen) atoms. The third-order valence-corrected chi connectivity index (χ3v) is 4.00. The van der Waals surface area contributed by atoms with Gasteiger partial charge in [0.15, 0.2) is 11.6 Å². The predicted octanol–water partition coefficient (Wildman–Crippen LogP) is 3.86. The van der Waals surface area contributed by atoms with E-state index in [0.717, 1.165) is 0 Å². The van der Waals surface area contributed by atoms with Crippen molar-refractivity contribution >= 4 is 23.9 Å². The summed E-state index contributed by atoms with van der Waals surface area (Å²) in [4.78, 5) is 48.9. The summed E-state index contributed by atoms with van der Waals surface area (Å²) in [6, 6.07) is 8.09. The maximum absolute atomic E-state index is 12.9. The number of hydrogen-bond acceptors (Lipinski definition) is 8. The largest absolute Gasteiger partial charge is 0.514 e. The molecule has 0 amide bonds. The standard InChI is InChI=1S/C22H16O8/c1-3-9-27-21(25)29-13-5-7-15-17(11-13)19(23)16-8-6-14(12-18(16)20(15)24)30-22(26)28-10-4-2/h3-8,11-12H,1-2,9-10H2. The summed E-state index contributed by atoms with van der Waals surface area (Å²) in [6.07, 6.45) is 0.833. The molecular formula is C22H16O8. The van der Waals surface area contributed by atoms with E-state index in [1.54, 1.807) is 0 Å². The third kappa shape index (κ3) is 4.27. The van der Waals surface area contributed by atoms with Gasteiger partial charge in [-0.05, 0) is 36.4 Å². The fourth-order valence-corrected chi connectivity index (χ4v) is 2.74. The SMILES string of the molecule is C=CCOC(=O)Oc1ccc2c(c1)C(=O)c1ccc(OC(=O)OCC=C)cc1C2=O.